The van der Waals surface area contributed by atoms with Crippen LogP contribution in [0.2, 0.25) is 0 Å². The number of Topliss-reactive ketones (excluding diaryl/α,β-unsaturated/α-hetero) is 1. The van der Waals surface area contributed by atoms with Crippen LogP contribution in [0.1, 0.15) is 26.2 Å². The Morgan fingerprint density at radius 1 is 1.50 bits per heavy atom. The van der Waals surface area contributed by atoms with Gasteiger partial charge in [0.1, 0.15) is 5.78 Å². The summed E-state index contributed by atoms with van der Waals surface area (Å²) in [6, 6.07) is 0. The topological polar surface area (TPSA) is 43.4 Å². The van der Waals surface area contributed by atoms with Gasteiger partial charge in [-0.2, -0.15) is 4.20 Å². The van der Waals surface area contributed by atoms with Gasteiger partial charge in [0.2, 0.25) is 0 Å². The Balaban J connectivity index is 3.38. The summed E-state index contributed by atoms with van der Waals surface area (Å²) >= 11 is 0. The van der Waals surface area contributed by atoms with Crippen LogP contribution >= 0.6 is 17.1 Å². The van der Waals surface area contributed by atoms with Gasteiger partial charge in [-0.05, 0) is 22.3 Å². The molecule has 0 aliphatic rings. The molecule has 0 saturated heterocycles. The summed E-state index contributed by atoms with van der Waals surface area (Å²) in [6.07, 6.45) is 0.884. The van der Waals surface area contributed by atoms with E-state index in [4.69, 9.17) is 0 Å². The molecule has 0 spiro atoms. The third-order valence-electron chi connectivity index (χ3n) is 1.10. The van der Waals surface area contributed by atoms with Crippen molar-refractivity contribution >= 4 is 28.8 Å². The van der Waals surface area contributed by atoms with Gasteiger partial charge in [0.05, 0.1) is 0 Å². The van der Waals surface area contributed by atoms with Gasteiger partial charge in [-0.15, -0.1) is 0 Å². The van der Waals surface area contributed by atoms with E-state index in [0.29, 0.717) is 12.8 Å². The second-order valence-corrected chi connectivity index (χ2v) is 4.24. The van der Waals surface area contributed by atoms with Crippen LogP contribution < -0.4 is 0 Å². The molecule has 12 heavy (non-hydrogen) atoms. The van der Waals surface area contributed by atoms with Gasteiger partial charge in [0, 0.05) is 12.8 Å². The molecule has 0 bridgehead atoms. The lowest BCUT2D eigenvalue weighted by molar-refractivity contribution is -0.133. The van der Waals surface area contributed by atoms with E-state index in [2.05, 4.69) is 4.52 Å². The minimum absolute atomic E-state index is 0.0242. The van der Waals surface area contributed by atoms with Crippen molar-refractivity contribution in [3.63, 3.8) is 0 Å². The van der Waals surface area contributed by atoms with Crippen LogP contribution in [-0.4, -0.2) is 11.8 Å². The molecule has 0 aromatic rings. The van der Waals surface area contributed by atoms with Crippen molar-refractivity contribution in [3.8, 4) is 0 Å². The molecule has 0 aromatic carbocycles. The van der Waals surface area contributed by atoms with Gasteiger partial charge in [-0.25, -0.2) is 0 Å². The van der Waals surface area contributed by atoms with Gasteiger partial charge in [0.15, 0.2) is 0 Å². The van der Waals surface area contributed by atoms with E-state index in [0.717, 1.165) is 0 Å². The Morgan fingerprint density at radius 3 is 2.50 bits per heavy atom. The normalized spacial score (nSPS) is 12.2. The van der Waals surface area contributed by atoms with Crippen LogP contribution in [0.3, 0.4) is 0 Å². The van der Waals surface area contributed by atoms with Gasteiger partial charge in [0.25, 0.3) is 8.15 Å². The van der Waals surface area contributed by atoms with E-state index < -0.39 is 14.1 Å². The SMILES string of the molecule is CC(=O)CCCC(=O)OP(F)P. The zero-order chi connectivity index (χ0) is 9.56. The fourth-order valence-electron chi connectivity index (χ4n) is 0.625. The molecule has 6 heteroatoms. The lowest BCUT2D eigenvalue weighted by Gasteiger charge is -2.01. The highest BCUT2D eigenvalue weighted by atomic mass is 32.0. The predicted octanol–water partition coefficient (Wildman–Crippen LogP) is 2.36. The van der Waals surface area contributed by atoms with Crippen molar-refractivity contribution in [2.24, 2.45) is 0 Å². The second-order valence-electron chi connectivity index (χ2n) is 2.29. The first-order valence-electron chi connectivity index (χ1n) is 3.43. The average molecular weight is 212 g/mol. The lowest BCUT2D eigenvalue weighted by atomic mass is 10.2. The molecule has 0 radical (unpaired) electrons. The van der Waals surface area contributed by atoms with Crippen molar-refractivity contribution in [2.45, 2.75) is 26.2 Å². The van der Waals surface area contributed by atoms with E-state index in [1.54, 1.807) is 8.93 Å². The Kier molecular flexibility index (Phi) is 6.41. The Labute approximate surface area is 74.1 Å². The molecule has 2 atom stereocenters. The molecule has 0 fully saturated rings. The predicted molar refractivity (Wildman–Crippen MR) is 48.4 cm³/mol. The van der Waals surface area contributed by atoms with Crippen LogP contribution in [0.15, 0.2) is 0 Å². The lowest BCUT2D eigenvalue weighted by Crippen LogP contribution is -1.99. The maximum Gasteiger partial charge on any atom is 0.310 e. The highest BCUT2D eigenvalue weighted by Crippen LogP contribution is 2.47. The monoisotopic (exact) mass is 212 g/mol. The molecule has 0 heterocycles. The van der Waals surface area contributed by atoms with Crippen molar-refractivity contribution in [2.75, 3.05) is 0 Å². The molecule has 2 unspecified atom stereocenters. The second kappa shape index (κ2) is 6.45. The Bertz CT molecular complexity index is 172. The number of hydrogen-bond donors (Lipinski definition) is 0. The van der Waals surface area contributed by atoms with Crippen LogP contribution in [0.5, 0.6) is 0 Å². The third kappa shape index (κ3) is 8.03. The summed E-state index contributed by atoms with van der Waals surface area (Å²) in [7, 11) is -0.415. The van der Waals surface area contributed by atoms with Gasteiger partial charge in [-0.3, -0.25) is 4.79 Å². The first kappa shape index (κ1) is 11.9. The summed E-state index contributed by atoms with van der Waals surface area (Å²) in [5.41, 5.74) is 0. The standard InChI is InChI=1S/C6H11FO3P2/c1-5(8)3-2-4-6(9)10-12(7)11/h2-4,11H2,1H3. The highest BCUT2D eigenvalue weighted by Gasteiger charge is 2.08. The van der Waals surface area contributed by atoms with Crippen LogP contribution in [-0.2, 0) is 14.1 Å². The molecule has 0 aromatic heterocycles. The molecular formula is C6H11FO3P2. The molecule has 0 amide bonds. The number of carbonyl (C=O) groups is 2. The molecule has 70 valence electrons. The van der Waals surface area contributed by atoms with E-state index in [1.807, 2.05) is 0 Å². The summed E-state index contributed by atoms with van der Waals surface area (Å²) in [5, 5.41) is 0. The first-order chi connectivity index (χ1) is 5.52. The van der Waals surface area contributed by atoms with Gasteiger partial charge in [-0.1, -0.05) is 0 Å². The summed E-state index contributed by atoms with van der Waals surface area (Å²) < 4.78 is 16.3. The van der Waals surface area contributed by atoms with E-state index in [1.165, 1.54) is 6.92 Å². The molecule has 3 nitrogen and oxygen atoms in total. The fraction of sp³-hybridized carbons (Fsp3) is 0.667. The number of ketones is 1. The van der Waals surface area contributed by atoms with Crippen LogP contribution in [0.4, 0.5) is 4.20 Å². The molecule has 0 saturated carbocycles. The average Bonchev–Trinajstić information content (AvgIpc) is 1.84. The summed E-state index contributed by atoms with van der Waals surface area (Å²) in [5.74, 6) is -0.559. The first-order valence-corrected chi connectivity index (χ1v) is 6.20. The van der Waals surface area contributed by atoms with Crippen molar-refractivity contribution in [1.82, 2.24) is 0 Å². The summed E-state index contributed by atoms with van der Waals surface area (Å²) in [6.45, 7) is 1.45. The van der Waals surface area contributed by atoms with Crippen molar-refractivity contribution in [1.29, 1.82) is 0 Å². The van der Waals surface area contributed by atoms with Crippen LogP contribution in [0.25, 0.3) is 0 Å². The maximum absolute atomic E-state index is 12.1. The van der Waals surface area contributed by atoms with E-state index >= 15 is 0 Å². The zero-order valence-electron chi connectivity index (χ0n) is 6.75. The number of carbonyl (C=O) groups excluding carboxylic acids is 2. The molecule has 0 rings (SSSR count). The third-order valence-corrected chi connectivity index (χ3v) is 1.79. The minimum atomic E-state index is -2.19. The van der Waals surface area contributed by atoms with Gasteiger partial charge >= 0.3 is 5.97 Å². The number of halogens is 1. The minimum Gasteiger partial charge on any atom is -0.410 e. The molecule has 0 N–H and O–H groups in total. The number of hydrogen-bond acceptors (Lipinski definition) is 3. The highest BCUT2D eigenvalue weighted by molar-refractivity contribution is 8.08. The van der Waals surface area contributed by atoms with Gasteiger partial charge < -0.3 is 9.32 Å². The largest absolute Gasteiger partial charge is 0.410 e. The molecular weight excluding hydrogens is 201 g/mol. The zero-order valence-corrected chi connectivity index (χ0v) is 8.80. The van der Waals surface area contributed by atoms with E-state index in [9.17, 15) is 13.8 Å². The smallest absolute Gasteiger partial charge is 0.310 e. The Hall–Kier alpha value is -0.0700. The molecule has 0 aliphatic carbocycles. The number of rotatable bonds is 5. The maximum atomic E-state index is 12.1. The summed E-state index contributed by atoms with van der Waals surface area (Å²) in [4.78, 5) is 21.1. The van der Waals surface area contributed by atoms with E-state index in [-0.39, 0.29) is 12.2 Å². The van der Waals surface area contributed by atoms with Crippen LogP contribution in [0, 0.1) is 0 Å². The van der Waals surface area contributed by atoms with Crippen molar-refractivity contribution < 1.29 is 18.3 Å². The fourth-order valence-corrected chi connectivity index (χ4v) is 1.26. The Morgan fingerprint density at radius 2 is 2.08 bits per heavy atom. The molecule has 0 aliphatic heterocycles. The quantitative estimate of drug-likeness (QED) is 0.657. The van der Waals surface area contributed by atoms with Crippen molar-refractivity contribution in [3.05, 3.63) is 0 Å².